The van der Waals surface area contributed by atoms with Gasteiger partial charge in [0.1, 0.15) is 12.3 Å². The van der Waals surface area contributed by atoms with E-state index in [1.807, 2.05) is 4.90 Å². The number of halogens is 3. The Bertz CT molecular complexity index is 1440. The maximum atomic E-state index is 13.6. The first-order valence-electron chi connectivity index (χ1n) is 11.5. The Balaban J connectivity index is 1.37. The lowest BCUT2D eigenvalue weighted by molar-refractivity contribution is -0.143. The standard InChI is InChI=1S/C25H24F3N3O5S/c26-20-15-19(16-21(27)25(20)28)31-5-4-23(32)22(29-31)13-17-2-1-3-18(12-17)14-24(33)36-9-6-30-7-10-37(34,35)11-8-30/h1-5,12,15-16H,6-11,13-14H2. The highest BCUT2D eigenvalue weighted by Crippen LogP contribution is 2.16. The average Bonchev–Trinajstić information content (AvgIpc) is 2.85. The molecule has 0 unspecified atom stereocenters. The number of hydrogen-bond acceptors (Lipinski definition) is 7. The van der Waals surface area contributed by atoms with E-state index < -0.39 is 38.7 Å². The van der Waals surface area contributed by atoms with E-state index in [4.69, 9.17) is 4.74 Å². The normalized spacial score (nSPS) is 15.4. The first kappa shape index (κ1) is 26.6. The van der Waals surface area contributed by atoms with Crippen molar-refractivity contribution in [3.8, 4) is 5.69 Å². The molecule has 1 aliphatic heterocycles. The van der Waals surface area contributed by atoms with Gasteiger partial charge in [0.2, 0.25) is 5.43 Å². The van der Waals surface area contributed by atoms with Gasteiger partial charge in [0.05, 0.1) is 23.6 Å². The quantitative estimate of drug-likeness (QED) is 0.322. The van der Waals surface area contributed by atoms with Crippen molar-refractivity contribution in [1.29, 1.82) is 0 Å². The third-order valence-electron chi connectivity index (χ3n) is 5.93. The Morgan fingerprint density at radius 3 is 2.38 bits per heavy atom. The van der Waals surface area contributed by atoms with Gasteiger partial charge in [0.25, 0.3) is 0 Å². The van der Waals surface area contributed by atoms with Crippen LogP contribution in [0.15, 0.2) is 53.5 Å². The SMILES string of the molecule is O=C(Cc1cccc(Cc2nn(-c3cc(F)c(F)c(F)c3)ccc2=O)c1)OCCN1CCS(=O)(=O)CC1. The second kappa shape index (κ2) is 11.3. The largest absolute Gasteiger partial charge is 0.464 e. The van der Waals surface area contributed by atoms with Gasteiger partial charge in [0.15, 0.2) is 27.3 Å². The molecule has 1 saturated heterocycles. The van der Waals surface area contributed by atoms with Crippen LogP contribution in [-0.4, -0.2) is 66.8 Å². The monoisotopic (exact) mass is 535 g/mol. The van der Waals surface area contributed by atoms with Gasteiger partial charge in [-0.05, 0) is 11.1 Å². The number of ether oxygens (including phenoxy) is 1. The van der Waals surface area contributed by atoms with Crippen molar-refractivity contribution >= 4 is 15.8 Å². The Kier molecular flexibility index (Phi) is 8.08. The van der Waals surface area contributed by atoms with E-state index in [-0.39, 0.29) is 42.3 Å². The van der Waals surface area contributed by atoms with E-state index in [0.29, 0.717) is 30.8 Å². The first-order valence-corrected chi connectivity index (χ1v) is 13.3. The molecule has 196 valence electrons. The van der Waals surface area contributed by atoms with Gasteiger partial charge in [-0.3, -0.25) is 14.5 Å². The summed E-state index contributed by atoms with van der Waals surface area (Å²) in [6.45, 7) is 1.44. The lowest BCUT2D eigenvalue weighted by atomic mass is 10.0. The molecule has 37 heavy (non-hydrogen) atoms. The zero-order valence-corrected chi connectivity index (χ0v) is 20.5. The Labute approximate surface area is 211 Å². The summed E-state index contributed by atoms with van der Waals surface area (Å²) in [5.74, 6) is -4.58. The van der Waals surface area contributed by atoms with Crippen LogP contribution in [0.1, 0.15) is 16.8 Å². The van der Waals surface area contributed by atoms with Crippen LogP contribution in [0.2, 0.25) is 0 Å². The fraction of sp³-hybridized carbons (Fsp3) is 0.320. The fourth-order valence-electron chi connectivity index (χ4n) is 3.91. The zero-order chi connectivity index (χ0) is 26.6. The molecule has 0 spiro atoms. The van der Waals surface area contributed by atoms with Gasteiger partial charge in [-0.15, -0.1) is 0 Å². The van der Waals surface area contributed by atoms with Gasteiger partial charge in [-0.2, -0.15) is 5.10 Å². The molecule has 1 fully saturated rings. The van der Waals surface area contributed by atoms with E-state index in [2.05, 4.69) is 5.10 Å². The lowest BCUT2D eigenvalue weighted by Gasteiger charge is -2.26. The van der Waals surface area contributed by atoms with Crippen molar-refractivity contribution in [2.45, 2.75) is 12.8 Å². The van der Waals surface area contributed by atoms with Crippen molar-refractivity contribution in [2.75, 3.05) is 37.7 Å². The lowest BCUT2D eigenvalue weighted by Crippen LogP contribution is -2.41. The van der Waals surface area contributed by atoms with E-state index in [1.54, 1.807) is 24.3 Å². The molecule has 1 aromatic heterocycles. The molecule has 2 heterocycles. The highest BCUT2D eigenvalue weighted by Gasteiger charge is 2.21. The molecule has 1 aliphatic rings. The maximum absolute atomic E-state index is 13.6. The van der Waals surface area contributed by atoms with Crippen LogP contribution >= 0.6 is 0 Å². The van der Waals surface area contributed by atoms with E-state index in [0.717, 1.165) is 16.8 Å². The maximum Gasteiger partial charge on any atom is 0.310 e. The van der Waals surface area contributed by atoms with Gasteiger partial charge in [-0.1, -0.05) is 24.3 Å². The molecular weight excluding hydrogens is 511 g/mol. The van der Waals surface area contributed by atoms with Crippen LogP contribution in [0.5, 0.6) is 0 Å². The molecule has 0 amide bonds. The number of sulfone groups is 1. The third-order valence-corrected chi connectivity index (χ3v) is 7.54. The Morgan fingerprint density at radius 1 is 1.00 bits per heavy atom. The summed E-state index contributed by atoms with van der Waals surface area (Å²) in [5.41, 5.74) is 0.954. The van der Waals surface area contributed by atoms with Gasteiger partial charge < -0.3 is 4.74 Å². The first-order chi connectivity index (χ1) is 17.6. The molecule has 8 nitrogen and oxygen atoms in total. The van der Waals surface area contributed by atoms with Crippen LogP contribution in [0.3, 0.4) is 0 Å². The third kappa shape index (κ3) is 7.04. The number of carbonyl (C=O) groups is 1. The minimum atomic E-state index is -2.97. The molecule has 0 bridgehead atoms. The zero-order valence-electron chi connectivity index (χ0n) is 19.7. The summed E-state index contributed by atoms with van der Waals surface area (Å²) >= 11 is 0. The second-order valence-corrected chi connectivity index (χ2v) is 11.0. The molecule has 2 aromatic carbocycles. The number of hydrogen-bond donors (Lipinski definition) is 0. The van der Waals surface area contributed by atoms with E-state index in [1.165, 1.54) is 12.3 Å². The molecule has 0 aliphatic carbocycles. The molecular formula is C25H24F3N3O5S. The number of benzene rings is 2. The Morgan fingerprint density at radius 2 is 1.68 bits per heavy atom. The summed E-state index contributed by atoms with van der Waals surface area (Å²) in [6, 6.07) is 9.68. The topological polar surface area (TPSA) is 98.6 Å². The van der Waals surface area contributed by atoms with E-state index in [9.17, 15) is 31.2 Å². The smallest absolute Gasteiger partial charge is 0.310 e. The second-order valence-electron chi connectivity index (χ2n) is 8.68. The number of carbonyl (C=O) groups excluding carboxylic acids is 1. The molecule has 0 N–H and O–H groups in total. The minimum absolute atomic E-state index is 0.00278. The summed E-state index contributed by atoms with van der Waals surface area (Å²) in [7, 11) is -2.97. The fourth-order valence-corrected chi connectivity index (χ4v) is 5.19. The van der Waals surface area contributed by atoms with Gasteiger partial charge >= 0.3 is 5.97 Å². The van der Waals surface area contributed by atoms with Crippen molar-refractivity contribution in [2.24, 2.45) is 0 Å². The number of esters is 1. The summed E-state index contributed by atoms with van der Waals surface area (Å²) < 4.78 is 69.9. The molecule has 12 heteroatoms. The van der Waals surface area contributed by atoms with Crippen molar-refractivity contribution in [3.63, 3.8) is 0 Å². The van der Waals surface area contributed by atoms with Crippen LogP contribution < -0.4 is 5.43 Å². The summed E-state index contributed by atoms with van der Waals surface area (Å²) in [5, 5.41) is 4.15. The van der Waals surface area contributed by atoms with Crippen molar-refractivity contribution < 1.29 is 31.1 Å². The molecule has 0 saturated carbocycles. The van der Waals surface area contributed by atoms with Crippen LogP contribution in [0, 0.1) is 17.5 Å². The number of rotatable bonds is 8. The van der Waals surface area contributed by atoms with Gasteiger partial charge in [0, 0.05) is 50.5 Å². The summed E-state index contributed by atoms with van der Waals surface area (Å²) in [6.07, 6.45) is 1.32. The van der Waals surface area contributed by atoms with Crippen LogP contribution in [-0.2, 0) is 32.2 Å². The Hall–Kier alpha value is -3.51. The van der Waals surface area contributed by atoms with Crippen molar-refractivity contribution in [3.05, 3.63) is 93.2 Å². The van der Waals surface area contributed by atoms with Gasteiger partial charge in [-0.25, -0.2) is 26.3 Å². The van der Waals surface area contributed by atoms with Crippen molar-refractivity contribution in [1.82, 2.24) is 14.7 Å². The predicted molar refractivity (Wildman–Crippen MR) is 129 cm³/mol. The molecule has 0 radical (unpaired) electrons. The molecule has 4 rings (SSSR count). The summed E-state index contributed by atoms with van der Waals surface area (Å²) in [4.78, 5) is 26.6. The average molecular weight is 536 g/mol. The highest BCUT2D eigenvalue weighted by molar-refractivity contribution is 7.91. The van der Waals surface area contributed by atoms with Crippen LogP contribution in [0.25, 0.3) is 5.69 Å². The number of aromatic nitrogens is 2. The minimum Gasteiger partial charge on any atom is -0.464 e. The van der Waals surface area contributed by atoms with E-state index >= 15 is 0 Å². The predicted octanol–water partition coefficient (Wildman–Crippen LogP) is 2.06. The molecule has 3 aromatic rings. The number of nitrogens with zero attached hydrogens (tertiary/aromatic N) is 3. The molecule has 0 atom stereocenters. The highest BCUT2D eigenvalue weighted by atomic mass is 32.2. The van der Waals surface area contributed by atoms with Crippen LogP contribution in [0.4, 0.5) is 13.2 Å².